The molecule has 0 bridgehead atoms. The van der Waals surface area contributed by atoms with Crippen molar-refractivity contribution in [3.05, 3.63) is 48.0 Å². The van der Waals surface area contributed by atoms with E-state index in [9.17, 15) is 34.8 Å². The minimum absolute atomic E-state index is 0.0864. The van der Waals surface area contributed by atoms with Gasteiger partial charge in [-0.1, -0.05) is 0 Å². The van der Waals surface area contributed by atoms with E-state index in [4.69, 9.17) is 4.74 Å². The smallest absolute Gasteiger partial charge is 0.416 e. The quantitative estimate of drug-likeness (QED) is 0.684. The zero-order chi connectivity index (χ0) is 23.0. The van der Waals surface area contributed by atoms with Gasteiger partial charge in [0.15, 0.2) is 0 Å². The van der Waals surface area contributed by atoms with Crippen LogP contribution < -0.4 is 13.8 Å². The van der Waals surface area contributed by atoms with E-state index >= 15 is 0 Å². The normalized spacial score (nSPS) is 16.4. The molecule has 1 N–H and O–H groups in total. The van der Waals surface area contributed by atoms with Crippen molar-refractivity contribution in [3.8, 4) is 5.75 Å². The Morgan fingerprint density at radius 2 is 1.77 bits per heavy atom. The van der Waals surface area contributed by atoms with Crippen LogP contribution in [0.3, 0.4) is 0 Å². The van der Waals surface area contributed by atoms with Crippen molar-refractivity contribution >= 4 is 37.3 Å². The minimum Gasteiger partial charge on any atom is -0.492 e. The molecule has 0 saturated carbocycles. The van der Waals surface area contributed by atoms with Gasteiger partial charge >= 0.3 is 6.18 Å². The van der Waals surface area contributed by atoms with Crippen LogP contribution in [-0.2, 0) is 31.0 Å². The summed E-state index contributed by atoms with van der Waals surface area (Å²) in [5, 5.41) is 0. The third-order valence-electron chi connectivity index (χ3n) is 4.29. The van der Waals surface area contributed by atoms with Gasteiger partial charge in [-0.15, -0.1) is 0 Å². The molecule has 0 aliphatic carbocycles. The summed E-state index contributed by atoms with van der Waals surface area (Å²) in [6.07, 6.45) is -4.82. The summed E-state index contributed by atoms with van der Waals surface area (Å²) >= 11 is 0. The highest BCUT2D eigenvalue weighted by Gasteiger charge is 2.37. The molecule has 0 unspecified atom stereocenters. The predicted octanol–water partition coefficient (Wildman–Crippen LogP) is 2.97. The van der Waals surface area contributed by atoms with E-state index in [2.05, 4.69) is 4.72 Å². The summed E-state index contributed by atoms with van der Waals surface area (Å²) in [7, 11) is -8.34. The lowest BCUT2D eigenvalue weighted by atomic mass is 10.2. The molecule has 3 rings (SSSR count). The molecule has 168 valence electrons. The lowest BCUT2D eigenvalue weighted by molar-refractivity contribution is -0.137. The molecule has 1 aliphatic rings. The number of alkyl halides is 3. The number of benzene rings is 2. The third-order valence-corrected chi connectivity index (χ3v) is 7.39. The first-order valence-electron chi connectivity index (χ1n) is 8.88. The first kappa shape index (κ1) is 22.9. The number of nitrogens with zero attached hydrogens (tertiary/aromatic N) is 1. The van der Waals surface area contributed by atoms with Crippen molar-refractivity contribution in [2.45, 2.75) is 24.4 Å². The summed E-state index contributed by atoms with van der Waals surface area (Å²) in [5.41, 5.74) is -1.28. The Labute approximate surface area is 176 Å². The van der Waals surface area contributed by atoms with Crippen molar-refractivity contribution < 1.29 is 39.5 Å². The van der Waals surface area contributed by atoms with Gasteiger partial charge in [-0.2, -0.15) is 13.2 Å². The van der Waals surface area contributed by atoms with Gasteiger partial charge in [0.2, 0.25) is 15.9 Å². The Morgan fingerprint density at radius 1 is 1.13 bits per heavy atom. The first-order chi connectivity index (χ1) is 14.3. The van der Waals surface area contributed by atoms with Gasteiger partial charge in [0.1, 0.15) is 10.6 Å². The molecule has 1 saturated heterocycles. The number of carbonyl (C=O) groups excluding carboxylic acids is 1. The summed E-state index contributed by atoms with van der Waals surface area (Å²) in [6.45, 7) is 1.69. The van der Waals surface area contributed by atoms with Crippen LogP contribution in [0.5, 0.6) is 5.75 Å². The molecule has 13 heteroatoms. The van der Waals surface area contributed by atoms with Gasteiger partial charge in [-0.25, -0.2) is 21.1 Å². The van der Waals surface area contributed by atoms with Crippen LogP contribution in [-0.4, -0.2) is 35.1 Å². The van der Waals surface area contributed by atoms with Crippen LogP contribution in [0.1, 0.15) is 18.9 Å². The summed E-state index contributed by atoms with van der Waals surface area (Å²) in [5.74, 6) is -1.22. The molecule has 2 aromatic rings. The van der Waals surface area contributed by atoms with Gasteiger partial charge in [0, 0.05) is 12.1 Å². The summed E-state index contributed by atoms with van der Waals surface area (Å²) < 4.78 is 96.3. The maximum absolute atomic E-state index is 12.9. The van der Waals surface area contributed by atoms with Crippen LogP contribution in [0.25, 0.3) is 0 Å². The number of hydrogen-bond acceptors (Lipinski definition) is 6. The van der Waals surface area contributed by atoms with E-state index in [1.54, 1.807) is 6.92 Å². The maximum atomic E-state index is 12.9. The summed E-state index contributed by atoms with van der Waals surface area (Å²) in [4.78, 5) is 11.6. The molecule has 0 atom stereocenters. The predicted molar refractivity (Wildman–Crippen MR) is 106 cm³/mol. The largest absolute Gasteiger partial charge is 0.492 e. The first-order valence-corrected chi connectivity index (χ1v) is 12.0. The highest BCUT2D eigenvalue weighted by Crippen LogP contribution is 2.34. The van der Waals surface area contributed by atoms with Gasteiger partial charge in [-0.3, -0.25) is 9.52 Å². The number of ether oxygens (including phenoxy) is 1. The molecular weight excluding hydrogens is 461 g/mol. The van der Waals surface area contributed by atoms with E-state index in [1.165, 1.54) is 12.1 Å². The topological polar surface area (TPSA) is 110 Å². The van der Waals surface area contributed by atoms with Crippen LogP contribution in [0.15, 0.2) is 47.4 Å². The standard InChI is InChI=1S/C18H17F3N2O6S2/c1-2-29-15-8-7-14(23-17(24)9-10-30(23,25)26)11-16(15)31(27,28)22-13-5-3-12(4-6-13)18(19,20)21/h3-8,11,22H,2,9-10H2,1H3. The average Bonchev–Trinajstić information content (AvgIpc) is 2.94. The molecule has 1 fully saturated rings. The number of hydrogen-bond donors (Lipinski definition) is 1. The second kappa shape index (κ2) is 8.04. The van der Waals surface area contributed by atoms with Crippen molar-refractivity contribution in [1.29, 1.82) is 0 Å². The number of carbonyl (C=O) groups is 1. The second-order valence-electron chi connectivity index (χ2n) is 6.47. The van der Waals surface area contributed by atoms with Crippen LogP contribution in [0.4, 0.5) is 24.5 Å². The van der Waals surface area contributed by atoms with Crippen molar-refractivity contribution in [2.75, 3.05) is 21.4 Å². The molecule has 0 aromatic heterocycles. The Hall–Kier alpha value is -2.80. The van der Waals surface area contributed by atoms with Gasteiger partial charge < -0.3 is 4.74 Å². The molecule has 0 spiro atoms. The van der Waals surface area contributed by atoms with Gasteiger partial charge in [0.25, 0.3) is 10.0 Å². The fourth-order valence-electron chi connectivity index (χ4n) is 2.91. The van der Waals surface area contributed by atoms with Crippen molar-refractivity contribution in [2.24, 2.45) is 0 Å². The Bertz CT molecular complexity index is 1210. The lowest BCUT2D eigenvalue weighted by Gasteiger charge is -2.18. The molecule has 1 aliphatic heterocycles. The Balaban J connectivity index is 2.01. The number of sulfonamides is 2. The number of halogens is 3. The van der Waals surface area contributed by atoms with Gasteiger partial charge in [0.05, 0.1) is 23.6 Å². The van der Waals surface area contributed by atoms with Crippen molar-refractivity contribution in [3.63, 3.8) is 0 Å². The Morgan fingerprint density at radius 3 is 2.29 bits per heavy atom. The highest BCUT2D eigenvalue weighted by atomic mass is 32.2. The monoisotopic (exact) mass is 478 g/mol. The number of amides is 1. The van der Waals surface area contributed by atoms with Crippen LogP contribution in [0.2, 0.25) is 0 Å². The summed E-state index contributed by atoms with van der Waals surface area (Å²) in [6, 6.07) is 6.74. The molecule has 31 heavy (non-hydrogen) atoms. The number of rotatable bonds is 6. The molecule has 1 heterocycles. The minimum atomic E-state index is -4.58. The zero-order valence-corrected chi connectivity index (χ0v) is 17.6. The van der Waals surface area contributed by atoms with Gasteiger partial charge in [-0.05, 0) is 49.4 Å². The molecule has 1 amide bonds. The number of nitrogens with one attached hydrogen (secondary N) is 1. The van der Waals surface area contributed by atoms with E-state index in [-0.39, 0.29) is 30.2 Å². The fraction of sp³-hybridized carbons (Fsp3) is 0.278. The lowest BCUT2D eigenvalue weighted by Crippen LogP contribution is -2.29. The van der Waals surface area contributed by atoms with E-state index in [1.807, 2.05) is 0 Å². The molecule has 8 nitrogen and oxygen atoms in total. The maximum Gasteiger partial charge on any atom is 0.416 e. The van der Waals surface area contributed by atoms with Crippen molar-refractivity contribution in [1.82, 2.24) is 0 Å². The molecular formula is C18H17F3N2O6S2. The zero-order valence-electron chi connectivity index (χ0n) is 16.0. The fourth-order valence-corrected chi connectivity index (χ4v) is 5.59. The SMILES string of the molecule is CCOc1ccc(N2C(=O)CCS2(=O)=O)cc1S(=O)(=O)Nc1ccc(C(F)(F)F)cc1. The average molecular weight is 478 g/mol. The van der Waals surface area contributed by atoms with Crippen LogP contribution in [0, 0.1) is 0 Å². The Kier molecular flexibility index (Phi) is 5.93. The van der Waals surface area contributed by atoms with E-state index < -0.39 is 48.3 Å². The molecule has 2 aromatic carbocycles. The van der Waals surface area contributed by atoms with E-state index in [0.717, 1.165) is 18.2 Å². The molecule has 0 radical (unpaired) electrons. The number of anilines is 2. The highest BCUT2D eigenvalue weighted by molar-refractivity contribution is 7.94. The third kappa shape index (κ3) is 4.77. The van der Waals surface area contributed by atoms with Crippen LogP contribution >= 0.6 is 0 Å². The van der Waals surface area contributed by atoms with E-state index in [0.29, 0.717) is 16.4 Å². The second-order valence-corrected chi connectivity index (χ2v) is 10.1.